The first-order chi connectivity index (χ1) is 20.6. The van der Waals surface area contributed by atoms with Crippen LogP contribution in [0, 0.1) is 25.7 Å². The third kappa shape index (κ3) is 5.38. The summed E-state index contributed by atoms with van der Waals surface area (Å²) in [5.74, 6) is 0.258. The van der Waals surface area contributed by atoms with Crippen LogP contribution in [0.25, 0.3) is 5.69 Å². The number of para-hydroxylation sites is 1. The summed E-state index contributed by atoms with van der Waals surface area (Å²) in [5.41, 5.74) is 6.58. The number of hydrogen-bond donors (Lipinski definition) is 2. The van der Waals surface area contributed by atoms with Crippen molar-refractivity contribution in [3.63, 3.8) is 0 Å². The lowest BCUT2D eigenvalue weighted by Gasteiger charge is -2.37. The summed E-state index contributed by atoms with van der Waals surface area (Å²) in [6.07, 6.45) is 3.02. The molecule has 2 aliphatic rings. The first-order valence-corrected chi connectivity index (χ1v) is 15.5. The molecule has 4 aromatic rings. The number of carbonyl (C=O) groups is 1. The summed E-state index contributed by atoms with van der Waals surface area (Å²) in [5, 5.41) is 14.8. The van der Waals surface area contributed by atoms with Gasteiger partial charge in [0.25, 0.3) is 0 Å². The summed E-state index contributed by atoms with van der Waals surface area (Å²) in [4.78, 5) is 21.4. The molecule has 0 bridgehead atoms. The fraction of sp³-hybridized carbons (Fsp3) is 0.324. The van der Waals surface area contributed by atoms with E-state index in [0.29, 0.717) is 27.7 Å². The van der Waals surface area contributed by atoms with Crippen LogP contribution in [0.5, 0.6) is 0 Å². The van der Waals surface area contributed by atoms with Crippen LogP contribution in [0.4, 0.5) is 11.4 Å². The molecule has 2 aliphatic heterocycles. The number of hydrogen-bond acceptors (Lipinski definition) is 4. The third-order valence-corrected chi connectivity index (χ3v) is 9.30. The number of piperidine rings is 1. The fourth-order valence-electron chi connectivity index (χ4n) is 7.02. The number of anilines is 2. The lowest BCUT2D eigenvalue weighted by molar-refractivity contribution is 0.0697. The zero-order chi connectivity index (χ0) is 30.4. The highest BCUT2D eigenvalue weighted by Crippen LogP contribution is 2.45. The van der Waals surface area contributed by atoms with Gasteiger partial charge >= 0.3 is 5.97 Å². The molecule has 2 aromatic carbocycles. The standard InChI is InChI=1S/C34H36ClN5O2S/c1-20-15-21(2)19-38(18-20)30-13-12-24(17-27(30)35)40-32(31(37-34(40)43)28-10-7-8-14-36-28)26-16-22(3)39(23(26)4)29-11-6-5-9-25(29)33(41)42/h5-14,16-17,20-21,31-32H,15,18-19H2,1-4H3,(H,37,43)(H,41,42)/t20-,21+,31-,32+/m0/s1. The van der Waals surface area contributed by atoms with Crippen molar-refractivity contribution in [2.75, 3.05) is 22.9 Å². The lowest BCUT2D eigenvalue weighted by Crippen LogP contribution is -2.38. The maximum absolute atomic E-state index is 12.1. The van der Waals surface area contributed by atoms with Gasteiger partial charge in [-0.15, -0.1) is 0 Å². The Morgan fingerprint density at radius 2 is 1.72 bits per heavy atom. The first-order valence-electron chi connectivity index (χ1n) is 14.7. The molecule has 0 saturated carbocycles. The van der Waals surface area contributed by atoms with Gasteiger partial charge in [-0.3, -0.25) is 4.98 Å². The maximum atomic E-state index is 12.1. The van der Waals surface area contributed by atoms with E-state index < -0.39 is 5.97 Å². The Hall–Kier alpha value is -3.88. The number of nitrogens with zero attached hydrogens (tertiary/aromatic N) is 4. The summed E-state index contributed by atoms with van der Waals surface area (Å²) in [6.45, 7) is 10.6. The zero-order valence-electron chi connectivity index (χ0n) is 24.8. The minimum atomic E-state index is -0.964. The largest absolute Gasteiger partial charge is 0.478 e. The predicted octanol–water partition coefficient (Wildman–Crippen LogP) is 7.50. The number of aromatic carboxylic acids is 1. The van der Waals surface area contributed by atoms with Crippen molar-refractivity contribution >= 4 is 46.3 Å². The van der Waals surface area contributed by atoms with Gasteiger partial charge in [-0.05, 0) is 98.4 Å². The molecule has 2 saturated heterocycles. The van der Waals surface area contributed by atoms with E-state index in [2.05, 4.69) is 47.2 Å². The molecule has 7 nitrogen and oxygen atoms in total. The predicted molar refractivity (Wildman–Crippen MR) is 177 cm³/mol. The topological polar surface area (TPSA) is 73.6 Å². The van der Waals surface area contributed by atoms with E-state index in [0.717, 1.165) is 47.1 Å². The molecular weight excluding hydrogens is 578 g/mol. The normalized spacial score (nSPS) is 22.1. The highest BCUT2D eigenvalue weighted by atomic mass is 35.5. The summed E-state index contributed by atoms with van der Waals surface area (Å²) >= 11 is 13.0. The second-order valence-corrected chi connectivity index (χ2v) is 12.8. The van der Waals surface area contributed by atoms with E-state index in [4.69, 9.17) is 28.8 Å². The Balaban J connectivity index is 1.46. The van der Waals surface area contributed by atoms with Gasteiger partial charge in [0, 0.05) is 36.4 Å². The van der Waals surface area contributed by atoms with Crippen molar-refractivity contribution in [3.8, 4) is 5.69 Å². The van der Waals surface area contributed by atoms with Crippen LogP contribution in [-0.2, 0) is 0 Å². The number of nitrogens with one attached hydrogen (secondary N) is 1. The summed E-state index contributed by atoms with van der Waals surface area (Å²) < 4.78 is 2.02. The number of benzene rings is 2. The van der Waals surface area contributed by atoms with E-state index in [1.807, 2.05) is 54.8 Å². The minimum absolute atomic E-state index is 0.236. The molecule has 0 amide bonds. The van der Waals surface area contributed by atoms with Gasteiger partial charge in [-0.1, -0.05) is 43.6 Å². The molecule has 2 fully saturated rings. The molecule has 43 heavy (non-hydrogen) atoms. The first kappa shape index (κ1) is 29.2. The van der Waals surface area contributed by atoms with E-state index in [1.165, 1.54) is 6.42 Å². The fourth-order valence-corrected chi connectivity index (χ4v) is 7.66. The van der Waals surface area contributed by atoms with Crippen molar-refractivity contribution in [1.82, 2.24) is 14.9 Å². The highest BCUT2D eigenvalue weighted by Gasteiger charge is 2.42. The maximum Gasteiger partial charge on any atom is 0.337 e. The van der Waals surface area contributed by atoms with Gasteiger partial charge in [0.1, 0.15) is 0 Å². The molecule has 0 radical (unpaired) electrons. The van der Waals surface area contributed by atoms with Gasteiger partial charge in [0.15, 0.2) is 5.11 Å². The summed E-state index contributed by atoms with van der Waals surface area (Å²) in [6, 6.07) is 20.9. The molecule has 0 aliphatic carbocycles. The van der Waals surface area contributed by atoms with Crippen LogP contribution in [0.15, 0.2) is 72.9 Å². The third-order valence-electron chi connectivity index (χ3n) is 8.68. The smallest absolute Gasteiger partial charge is 0.337 e. The molecule has 6 rings (SSSR count). The van der Waals surface area contributed by atoms with E-state index in [-0.39, 0.29) is 17.6 Å². The summed E-state index contributed by atoms with van der Waals surface area (Å²) in [7, 11) is 0. The van der Waals surface area contributed by atoms with Crippen LogP contribution in [0.2, 0.25) is 5.02 Å². The van der Waals surface area contributed by atoms with Crippen LogP contribution in [-0.4, -0.2) is 38.8 Å². The van der Waals surface area contributed by atoms with E-state index in [1.54, 1.807) is 18.3 Å². The van der Waals surface area contributed by atoms with Crippen LogP contribution in [0.1, 0.15) is 65.4 Å². The number of aryl methyl sites for hydroxylation is 1. The molecule has 2 N–H and O–H groups in total. The second-order valence-electron chi connectivity index (χ2n) is 12.0. The number of pyridine rings is 1. The number of thiocarbonyl (C=S) groups is 1. The molecule has 2 aromatic heterocycles. The molecule has 222 valence electrons. The van der Waals surface area contributed by atoms with Gasteiger partial charge in [0.2, 0.25) is 0 Å². The van der Waals surface area contributed by atoms with Crippen LogP contribution < -0.4 is 15.1 Å². The average Bonchev–Trinajstić information content (AvgIpc) is 3.47. The average molecular weight is 614 g/mol. The molecule has 4 heterocycles. The number of rotatable bonds is 6. The molecule has 9 heteroatoms. The quantitative estimate of drug-likeness (QED) is 0.218. The molecule has 0 spiro atoms. The van der Waals surface area contributed by atoms with E-state index >= 15 is 0 Å². The van der Waals surface area contributed by atoms with Gasteiger partial charge < -0.3 is 24.8 Å². The monoisotopic (exact) mass is 613 g/mol. The van der Waals surface area contributed by atoms with Gasteiger partial charge in [-0.2, -0.15) is 0 Å². The Kier molecular flexibility index (Phi) is 7.92. The molecule has 0 unspecified atom stereocenters. The van der Waals surface area contributed by atoms with Crippen LogP contribution >= 0.6 is 23.8 Å². The molecular formula is C34H36ClN5O2S. The molecule has 4 atom stereocenters. The Bertz CT molecular complexity index is 1680. The minimum Gasteiger partial charge on any atom is -0.478 e. The van der Waals surface area contributed by atoms with Crippen molar-refractivity contribution in [2.45, 2.75) is 46.2 Å². The number of carboxylic acids is 1. The number of aromatic nitrogens is 2. The van der Waals surface area contributed by atoms with Crippen molar-refractivity contribution in [1.29, 1.82) is 0 Å². The van der Waals surface area contributed by atoms with E-state index in [9.17, 15) is 9.90 Å². The Morgan fingerprint density at radius 1 is 1.00 bits per heavy atom. The van der Waals surface area contributed by atoms with Gasteiger partial charge in [0.05, 0.1) is 39.7 Å². The Morgan fingerprint density at radius 3 is 2.40 bits per heavy atom. The lowest BCUT2D eigenvalue weighted by atomic mass is 9.91. The second kappa shape index (κ2) is 11.7. The Labute approximate surface area is 263 Å². The number of halogens is 1. The highest BCUT2D eigenvalue weighted by molar-refractivity contribution is 7.80. The van der Waals surface area contributed by atoms with Crippen molar-refractivity contribution < 1.29 is 9.90 Å². The van der Waals surface area contributed by atoms with Crippen LogP contribution in [0.3, 0.4) is 0 Å². The SMILES string of the molecule is Cc1cc([C@@H]2[C@H](c3ccccn3)NC(=S)N2c2ccc(N3C[C@H](C)C[C@H](C)C3)c(Cl)c2)c(C)n1-c1ccccc1C(=O)O. The number of carboxylic acid groups (broad SMARTS) is 1. The van der Waals surface area contributed by atoms with Gasteiger partial charge in [-0.25, -0.2) is 4.79 Å². The zero-order valence-corrected chi connectivity index (χ0v) is 26.4. The van der Waals surface area contributed by atoms with Crippen molar-refractivity contribution in [2.24, 2.45) is 11.8 Å². The van der Waals surface area contributed by atoms with Crippen molar-refractivity contribution in [3.05, 3.63) is 106 Å².